The van der Waals surface area contributed by atoms with Crippen molar-refractivity contribution < 1.29 is 4.79 Å². The van der Waals surface area contributed by atoms with E-state index in [1.807, 2.05) is 29.6 Å². The molecule has 0 aliphatic heterocycles. The van der Waals surface area contributed by atoms with Gasteiger partial charge < -0.3 is 10.3 Å². The number of nitrogens with zero attached hydrogens (tertiary/aromatic N) is 2. The third-order valence-electron chi connectivity index (χ3n) is 3.87. The van der Waals surface area contributed by atoms with Gasteiger partial charge >= 0.3 is 0 Å². The third kappa shape index (κ3) is 4.56. The fraction of sp³-hybridized carbons (Fsp3) is 0.222. The highest BCUT2D eigenvalue weighted by Gasteiger charge is 2.10. The number of hydrogen-bond acceptors (Lipinski definition) is 5. The summed E-state index contributed by atoms with van der Waals surface area (Å²) < 4.78 is 0. The van der Waals surface area contributed by atoms with Crippen LogP contribution in [0.3, 0.4) is 0 Å². The van der Waals surface area contributed by atoms with Gasteiger partial charge in [-0.2, -0.15) is 0 Å². The second-order valence-electron chi connectivity index (χ2n) is 5.71. The minimum Gasteiger partial charge on any atom is -0.355 e. The summed E-state index contributed by atoms with van der Waals surface area (Å²) in [5, 5.41) is 6.47. The van der Waals surface area contributed by atoms with Gasteiger partial charge in [0, 0.05) is 34.5 Å². The van der Waals surface area contributed by atoms with Crippen molar-refractivity contribution in [1.82, 2.24) is 20.3 Å². The first-order valence-electron chi connectivity index (χ1n) is 8.03. The van der Waals surface area contributed by atoms with E-state index in [-0.39, 0.29) is 17.9 Å². The summed E-state index contributed by atoms with van der Waals surface area (Å²) >= 11 is 7.45. The van der Waals surface area contributed by atoms with Crippen LogP contribution < -0.4 is 10.9 Å². The van der Waals surface area contributed by atoms with Crippen molar-refractivity contribution in [1.29, 1.82) is 0 Å². The predicted octanol–water partition coefficient (Wildman–Crippen LogP) is 2.76. The third-order valence-corrected chi connectivity index (χ3v) is 5.03. The van der Waals surface area contributed by atoms with Crippen LogP contribution >= 0.6 is 22.9 Å². The standard InChI is InChI=1S/C18H17ClN4O2S/c1-11-14(21-10-22-18(11)25)8-16(24)20-7-6-17-23-15(9-26-17)12-2-4-13(19)5-3-12/h2-5,9-10H,6-8H2,1H3,(H,20,24)(H,21,22,25). The van der Waals surface area contributed by atoms with Crippen molar-refractivity contribution in [3.63, 3.8) is 0 Å². The van der Waals surface area contributed by atoms with Crippen molar-refractivity contribution in [3.05, 3.63) is 67.6 Å². The molecule has 0 bridgehead atoms. The smallest absolute Gasteiger partial charge is 0.253 e. The normalized spacial score (nSPS) is 10.7. The van der Waals surface area contributed by atoms with Gasteiger partial charge in [-0.15, -0.1) is 11.3 Å². The van der Waals surface area contributed by atoms with Crippen molar-refractivity contribution in [2.24, 2.45) is 0 Å². The van der Waals surface area contributed by atoms with Gasteiger partial charge in [0.1, 0.15) is 0 Å². The van der Waals surface area contributed by atoms with Crippen molar-refractivity contribution in [3.8, 4) is 11.3 Å². The summed E-state index contributed by atoms with van der Waals surface area (Å²) in [6.45, 7) is 2.14. The lowest BCUT2D eigenvalue weighted by atomic mass is 10.2. The number of benzene rings is 1. The number of thiazole rings is 1. The van der Waals surface area contributed by atoms with Gasteiger partial charge in [-0.25, -0.2) is 9.97 Å². The summed E-state index contributed by atoms with van der Waals surface area (Å²) in [4.78, 5) is 34.7. The van der Waals surface area contributed by atoms with Gasteiger partial charge in [0.05, 0.1) is 29.1 Å². The Balaban J connectivity index is 1.52. The molecule has 1 amide bonds. The number of halogens is 1. The second-order valence-corrected chi connectivity index (χ2v) is 7.09. The number of carbonyl (C=O) groups excluding carboxylic acids is 1. The van der Waals surface area contributed by atoms with Crippen molar-refractivity contribution in [2.45, 2.75) is 19.8 Å². The topological polar surface area (TPSA) is 87.7 Å². The number of amides is 1. The van der Waals surface area contributed by atoms with Crippen molar-refractivity contribution in [2.75, 3.05) is 6.54 Å². The number of aromatic amines is 1. The van der Waals surface area contributed by atoms with E-state index in [1.165, 1.54) is 6.33 Å². The molecule has 0 saturated heterocycles. The summed E-state index contributed by atoms with van der Waals surface area (Å²) in [5.41, 5.74) is 2.65. The molecule has 0 spiro atoms. The first-order chi connectivity index (χ1) is 12.5. The predicted molar refractivity (Wildman–Crippen MR) is 103 cm³/mol. The molecular weight excluding hydrogens is 372 g/mol. The molecule has 134 valence electrons. The monoisotopic (exact) mass is 388 g/mol. The van der Waals surface area contributed by atoms with Gasteiger partial charge in [0.15, 0.2) is 0 Å². The minimum absolute atomic E-state index is 0.0870. The Hall–Kier alpha value is -2.51. The Labute approximate surface area is 159 Å². The molecule has 8 heteroatoms. The molecule has 2 heterocycles. The summed E-state index contributed by atoms with van der Waals surface area (Å²) in [6.07, 6.45) is 2.04. The molecule has 6 nitrogen and oxygen atoms in total. The van der Waals surface area contributed by atoms with E-state index in [2.05, 4.69) is 20.3 Å². The van der Waals surface area contributed by atoms with Crippen LogP contribution in [0.2, 0.25) is 5.02 Å². The molecular formula is C18H17ClN4O2S. The molecule has 0 aliphatic rings. The first-order valence-corrected chi connectivity index (χ1v) is 9.29. The van der Waals surface area contributed by atoms with Crippen LogP contribution in [-0.2, 0) is 17.6 Å². The highest BCUT2D eigenvalue weighted by atomic mass is 35.5. The van der Waals surface area contributed by atoms with Crippen LogP contribution in [0.25, 0.3) is 11.3 Å². The molecule has 0 saturated carbocycles. The van der Waals surface area contributed by atoms with Crippen LogP contribution in [0.5, 0.6) is 0 Å². The van der Waals surface area contributed by atoms with E-state index in [9.17, 15) is 9.59 Å². The summed E-state index contributed by atoms with van der Waals surface area (Å²) in [7, 11) is 0. The number of H-pyrrole nitrogens is 1. The zero-order valence-corrected chi connectivity index (χ0v) is 15.7. The first kappa shape index (κ1) is 18.3. The number of hydrogen-bond donors (Lipinski definition) is 2. The van der Waals surface area contributed by atoms with E-state index in [1.54, 1.807) is 18.3 Å². The second kappa shape index (κ2) is 8.25. The maximum atomic E-state index is 12.0. The molecule has 3 aromatic rings. The Morgan fingerprint density at radius 3 is 2.85 bits per heavy atom. The zero-order chi connectivity index (χ0) is 18.5. The quantitative estimate of drug-likeness (QED) is 0.679. The Bertz CT molecular complexity index is 966. The van der Waals surface area contributed by atoms with Gasteiger partial charge in [-0.05, 0) is 19.1 Å². The largest absolute Gasteiger partial charge is 0.355 e. The molecule has 0 unspecified atom stereocenters. The SMILES string of the molecule is Cc1c(CC(=O)NCCc2nc(-c3ccc(Cl)cc3)cs2)nc[nH]c1=O. The number of aromatic nitrogens is 3. The average molecular weight is 389 g/mol. The molecule has 2 aromatic heterocycles. The maximum absolute atomic E-state index is 12.0. The van der Waals surface area contributed by atoms with E-state index in [0.717, 1.165) is 16.3 Å². The van der Waals surface area contributed by atoms with Crippen LogP contribution in [0.15, 0.2) is 40.8 Å². The Kier molecular flexibility index (Phi) is 5.80. The fourth-order valence-electron chi connectivity index (χ4n) is 2.39. The fourth-order valence-corrected chi connectivity index (χ4v) is 3.32. The minimum atomic E-state index is -0.222. The van der Waals surface area contributed by atoms with E-state index >= 15 is 0 Å². The molecule has 26 heavy (non-hydrogen) atoms. The van der Waals surface area contributed by atoms with E-state index in [4.69, 9.17) is 11.6 Å². The lowest BCUT2D eigenvalue weighted by molar-refractivity contribution is -0.120. The van der Waals surface area contributed by atoms with Crippen LogP contribution in [0.4, 0.5) is 0 Å². The Morgan fingerprint density at radius 2 is 2.08 bits per heavy atom. The molecule has 0 radical (unpaired) electrons. The molecule has 3 rings (SSSR count). The van der Waals surface area contributed by atoms with E-state index < -0.39 is 0 Å². The lowest BCUT2D eigenvalue weighted by Gasteiger charge is -2.05. The van der Waals surface area contributed by atoms with Crippen LogP contribution in [-0.4, -0.2) is 27.4 Å². The number of nitrogens with one attached hydrogen (secondary N) is 2. The van der Waals surface area contributed by atoms with E-state index in [0.29, 0.717) is 29.2 Å². The average Bonchev–Trinajstić information content (AvgIpc) is 3.08. The van der Waals surface area contributed by atoms with Gasteiger partial charge in [-0.1, -0.05) is 23.7 Å². The zero-order valence-electron chi connectivity index (χ0n) is 14.1. The molecule has 0 aliphatic carbocycles. The van der Waals surface area contributed by atoms with Gasteiger partial charge in [0.25, 0.3) is 5.56 Å². The molecule has 0 atom stereocenters. The molecule has 2 N–H and O–H groups in total. The highest BCUT2D eigenvalue weighted by molar-refractivity contribution is 7.09. The Morgan fingerprint density at radius 1 is 1.31 bits per heavy atom. The van der Waals surface area contributed by atoms with Gasteiger partial charge in [-0.3, -0.25) is 9.59 Å². The van der Waals surface area contributed by atoms with Crippen molar-refractivity contribution >= 4 is 28.8 Å². The van der Waals surface area contributed by atoms with Gasteiger partial charge in [0.2, 0.25) is 5.91 Å². The molecule has 0 fully saturated rings. The number of rotatable bonds is 6. The lowest BCUT2D eigenvalue weighted by Crippen LogP contribution is -2.28. The summed E-state index contributed by atoms with van der Waals surface area (Å²) in [6, 6.07) is 7.53. The highest BCUT2D eigenvalue weighted by Crippen LogP contribution is 2.23. The summed E-state index contributed by atoms with van der Waals surface area (Å²) in [5.74, 6) is -0.166. The number of carbonyl (C=O) groups is 1. The van der Waals surface area contributed by atoms with Crippen LogP contribution in [0.1, 0.15) is 16.3 Å². The van der Waals surface area contributed by atoms with Crippen LogP contribution in [0, 0.1) is 6.92 Å². The maximum Gasteiger partial charge on any atom is 0.253 e. The molecule has 1 aromatic carbocycles.